The van der Waals surface area contributed by atoms with Gasteiger partial charge in [0.15, 0.2) is 0 Å². The fourth-order valence-electron chi connectivity index (χ4n) is 0.204. The highest BCUT2D eigenvalue weighted by Gasteiger charge is 1.64. The zero-order valence-electron chi connectivity index (χ0n) is 27.3. The number of hydrogen-bond acceptors (Lipinski definition) is 1. The van der Waals surface area contributed by atoms with Crippen molar-refractivity contribution in [2.75, 3.05) is 13.2 Å². The first-order valence-corrected chi connectivity index (χ1v) is 1.99. The second-order valence-corrected chi connectivity index (χ2v) is 0.781. The SMILES string of the molecule is CCOCC.O.O.O.O.O.O.O.O.O.O.O.O.O.O.O.O.O.O.O.O.O.O.O.O.O.O.O.O.O.O.O.O.O.O.O.O.O.O.O.O.O.O.O.O.O.O.O. The Morgan fingerprint density at radius 1 is 0.135 bits per heavy atom. The second-order valence-electron chi connectivity index (χ2n) is 0.781. The molecule has 0 aromatic heterocycles. The van der Waals surface area contributed by atoms with Crippen LogP contribution in [0.3, 0.4) is 0 Å². The van der Waals surface area contributed by atoms with E-state index in [1.54, 1.807) is 0 Å². The van der Waals surface area contributed by atoms with E-state index in [0.29, 0.717) is 0 Å². The van der Waals surface area contributed by atoms with Gasteiger partial charge in [0.2, 0.25) is 0 Å². The Balaban J connectivity index is -0.0000000000740. The Labute approximate surface area is 291 Å². The largest absolute Gasteiger partial charge is 0.412 e. The number of rotatable bonds is 2. The molecule has 0 rings (SSSR count). The predicted octanol–water partition coefficient (Wildman–Crippen LogP) is -37.7. The first-order chi connectivity index (χ1) is 2.41. The van der Waals surface area contributed by atoms with Gasteiger partial charge in [-0.3, -0.25) is 0 Å². The summed E-state index contributed by atoms with van der Waals surface area (Å²) in [6.45, 7) is 5.67. The molecule has 0 unspecified atom stereocenters. The molecule has 48 nitrogen and oxygen atoms in total. The molecule has 0 spiro atoms. The molecule has 0 aromatic rings. The standard InChI is InChI=1S/C4H10O.47H2O/c1-3-5-4-2;;;;;;;;;;;;;;;;;;;;;;;;;;;;;;;;;;;;;;;;;;;;;;;/h3-4H2,1-2H3;47*1H2. The van der Waals surface area contributed by atoms with Crippen molar-refractivity contribution in [1.29, 1.82) is 0 Å². The van der Waals surface area contributed by atoms with Gasteiger partial charge in [-0.25, -0.2) is 0 Å². The van der Waals surface area contributed by atoms with Crippen LogP contribution in [-0.2, 0) is 4.74 Å². The molecule has 48 heteroatoms. The lowest BCUT2D eigenvalue weighted by Gasteiger charge is -1.86. The summed E-state index contributed by atoms with van der Waals surface area (Å²) in [5.41, 5.74) is 0. The minimum Gasteiger partial charge on any atom is -0.412 e. The van der Waals surface area contributed by atoms with E-state index in [-0.39, 0.29) is 257 Å². The fraction of sp³-hybridized carbons (Fsp3) is 1.00. The minimum atomic E-state index is 0. The maximum Gasteiger partial charge on any atom is 0.0437 e. The molecule has 0 saturated carbocycles. The molecular weight excluding hydrogens is 816 g/mol. The Bertz CT molecular complexity index is 27.9. The van der Waals surface area contributed by atoms with Gasteiger partial charge >= 0.3 is 0 Å². The van der Waals surface area contributed by atoms with Crippen molar-refractivity contribution < 1.29 is 262 Å². The summed E-state index contributed by atoms with van der Waals surface area (Å²) in [6.07, 6.45) is 0. The molecule has 94 N–H and O–H groups in total. The van der Waals surface area contributed by atoms with Gasteiger partial charge in [0.25, 0.3) is 0 Å². The number of hydrogen-bond donors (Lipinski definition) is 0. The summed E-state index contributed by atoms with van der Waals surface area (Å²) in [7, 11) is 0. The maximum atomic E-state index is 4.83. The minimum absolute atomic E-state index is 0. The highest BCUT2D eigenvalue weighted by molar-refractivity contribution is 4.07. The van der Waals surface area contributed by atoms with Gasteiger partial charge in [-0.15, -0.1) is 0 Å². The van der Waals surface area contributed by atoms with Crippen molar-refractivity contribution in [2.24, 2.45) is 0 Å². The first-order valence-electron chi connectivity index (χ1n) is 1.99. The summed E-state index contributed by atoms with van der Waals surface area (Å²) in [5, 5.41) is 0. The Morgan fingerprint density at radius 2 is 0.173 bits per heavy atom. The zero-order chi connectivity index (χ0) is 4.12. The molecule has 0 bridgehead atoms. The summed E-state index contributed by atoms with van der Waals surface area (Å²) in [5.74, 6) is 0. The molecule has 0 aliphatic heterocycles. The van der Waals surface area contributed by atoms with E-state index in [9.17, 15) is 0 Å². The fourth-order valence-corrected chi connectivity index (χ4v) is 0.204. The van der Waals surface area contributed by atoms with Crippen molar-refractivity contribution >= 4 is 0 Å². The number of ether oxygens (including phenoxy) is 1. The van der Waals surface area contributed by atoms with Crippen molar-refractivity contribution in [2.45, 2.75) is 13.8 Å². The van der Waals surface area contributed by atoms with Crippen LogP contribution in [0.1, 0.15) is 13.8 Å². The van der Waals surface area contributed by atoms with Crippen LogP contribution in [0, 0.1) is 0 Å². The van der Waals surface area contributed by atoms with Crippen molar-refractivity contribution in [1.82, 2.24) is 0 Å². The highest BCUT2D eigenvalue weighted by atomic mass is 16.5. The van der Waals surface area contributed by atoms with Gasteiger partial charge in [-0.2, -0.15) is 0 Å². The van der Waals surface area contributed by atoms with Gasteiger partial charge in [0.05, 0.1) is 0 Å². The Morgan fingerprint density at radius 3 is 0.173 bits per heavy atom. The zero-order valence-corrected chi connectivity index (χ0v) is 27.3. The van der Waals surface area contributed by atoms with E-state index in [2.05, 4.69) is 0 Å². The Kier molecular flexibility index (Phi) is 52200000. The van der Waals surface area contributed by atoms with E-state index >= 15 is 0 Å². The monoisotopic (exact) mass is 921 g/mol. The van der Waals surface area contributed by atoms with Gasteiger partial charge in [0, 0.05) is 13.2 Å². The van der Waals surface area contributed by atoms with Crippen molar-refractivity contribution in [3.63, 3.8) is 0 Å². The molecule has 0 aliphatic carbocycles. The molecule has 408 valence electrons. The van der Waals surface area contributed by atoms with Gasteiger partial charge < -0.3 is 262 Å². The highest BCUT2D eigenvalue weighted by Crippen LogP contribution is 1.64. The maximum absolute atomic E-state index is 4.83. The van der Waals surface area contributed by atoms with E-state index in [1.165, 1.54) is 0 Å². The average molecular weight is 921 g/mol. The average Bonchev–Trinajstić information content (AvgIpc) is 1.41. The van der Waals surface area contributed by atoms with Crippen LogP contribution in [0.2, 0.25) is 0 Å². The summed E-state index contributed by atoms with van der Waals surface area (Å²) in [4.78, 5) is 0. The third kappa shape index (κ3) is 16700000. The predicted molar refractivity (Wildman–Crippen MR) is 192 cm³/mol. The van der Waals surface area contributed by atoms with Crippen molar-refractivity contribution in [3.8, 4) is 0 Å². The molecule has 0 aromatic carbocycles. The van der Waals surface area contributed by atoms with Gasteiger partial charge in [-0.05, 0) is 13.8 Å². The quantitative estimate of drug-likeness (QED) is 0.256. The smallest absolute Gasteiger partial charge is 0.0437 e. The summed E-state index contributed by atoms with van der Waals surface area (Å²) in [6, 6.07) is 0. The molecule has 52 heavy (non-hydrogen) atoms. The topological polar surface area (TPSA) is 1490 Å². The second kappa shape index (κ2) is 97300. The first kappa shape index (κ1) is 27900. The van der Waals surface area contributed by atoms with Crippen LogP contribution in [0.5, 0.6) is 0 Å². The van der Waals surface area contributed by atoms with Crippen LogP contribution >= 0.6 is 0 Å². The Hall–Kier alpha value is -1.92. The van der Waals surface area contributed by atoms with E-state index in [1.807, 2.05) is 13.8 Å². The normalized spacial score (nSPS) is 0.808. The van der Waals surface area contributed by atoms with Crippen LogP contribution in [0.15, 0.2) is 0 Å². The van der Waals surface area contributed by atoms with Crippen LogP contribution in [-0.4, -0.2) is 271 Å². The molecule has 0 fully saturated rings. The summed E-state index contributed by atoms with van der Waals surface area (Å²) < 4.78 is 4.83. The third-order valence-electron chi connectivity index (χ3n) is 0.408. The van der Waals surface area contributed by atoms with Crippen LogP contribution in [0.25, 0.3) is 0 Å². The molecule has 0 atom stereocenters. The lowest BCUT2D eigenvalue weighted by Crippen LogP contribution is -1.84. The molecule has 0 aliphatic rings. The molecule has 0 heterocycles. The van der Waals surface area contributed by atoms with E-state index < -0.39 is 0 Å². The lowest BCUT2D eigenvalue weighted by molar-refractivity contribution is 0.162. The van der Waals surface area contributed by atoms with E-state index in [4.69, 9.17) is 4.74 Å². The van der Waals surface area contributed by atoms with Gasteiger partial charge in [-0.1, -0.05) is 0 Å². The summed E-state index contributed by atoms with van der Waals surface area (Å²) >= 11 is 0. The molecule has 0 radical (unpaired) electrons. The molecule has 0 saturated heterocycles. The van der Waals surface area contributed by atoms with Crippen LogP contribution < -0.4 is 0 Å². The van der Waals surface area contributed by atoms with Crippen molar-refractivity contribution in [3.05, 3.63) is 0 Å². The van der Waals surface area contributed by atoms with E-state index in [0.717, 1.165) is 13.2 Å². The molecular formula is C4H104O48. The third-order valence-corrected chi connectivity index (χ3v) is 0.408. The van der Waals surface area contributed by atoms with Crippen LogP contribution in [0.4, 0.5) is 0 Å². The lowest BCUT2D eigenvalue weighted by atomic mass is 10.8. The molecule has 0 amide bonds. The van der Waals surface area contributed by atoms with Gasteiger partial charge in [0.1, 0.15) is 0 Å².